The Hall–Kier alpha value is -3.29. The number of hydrogen-bond donors (Lipinski definition) is 1. The molecule has 3 rings (SSSR count). The number of halogens is 3. The Morgan fingerprint density at radius 2 is 1.77 bits per heavy atom. The van der Waals surface area contributed by atoms with Crippen LogP contribution >= 0.6 is 0 Å². The summed E-state index contributed by atoms with van der Waals surface area (Å²) in [6.07, 6.45) is -1.56. The zero-order chi connectivity index (χ0) is 18.6. The smallest absolute Gasteiger partial charge is 0.422 e. The van der Waals surface area contributed by atoms with Crippen LogP contribution in [0.3, 0.4) is 0 Å². The van der Waals surface area contributed by atoms with E-state index in [4.69, 9.17) is 4.74 Å². The Morgan fingerprint density at radius 1 is 1.08 bits per heavy atom. The van der Waals surface area contributed by atoms with E-state index in [1.54, 1.807) is 6.07 Å². The molecule has 3 aromatic rings. The van der Waals surface area contributed by atoms with Crippen LogP contribution in [0.2, 0.25) is 0 Å². The molecule has 1 aromatic heterocycles. The molecule has 0 aliphatic heterocycles. The monoisotopic (exact) mass is 361 g/mol. The fraction of sp³-hybridized carbons (Fsp3) is 0.111. The maximum Gasteiger partial charge on any atom is 0.422 e. The van der Waals surface area contributed by atoms with Gasteiger partial charge < -0.3 is 10.1 Å². The van der Waals surface area contributed by atoms with Crippen molar-refractivity contribution >= 4 is 11.6 Å². The van der Waals surface area contributed by atoms with Crippen LogP contribution in [0, 0.1) is 0 Å². The van der Waals surface area contributed by atoms with Crippen molar-refractivity contribution < 1.29 is 22.7 Å². The van der Waals surface area contributed by atoms with Crippen LogP contribution in [0.25, 0.3) is 5.69 Å². The van der Waals surface area contributed by atoms with E-state index >= 15 is 0 Å². The number of hydrogen-bond acceptors (Lipinski definition) is 3. The molecule has 1 amide bonds. The maximum atomic E-state index is 12.4. The van der Waals surface area contributed by atoms with E-state index in [2.05, 4.69) is 10.4 Å². The number of nitrogens with one attached hydrogen (secondary N) is 1. The Labute approximate surface area is 147 Å². The summed E-state index contributed by atoms with van der Waals surface area (Å²) in [5.74, 6) is -0.566. The van der Waals surface area contributed by atoms with Gasteiger partial charge in [0, 0.05) is 6.20 Å². The summed E-state index contributed by atoms with van der Waals surface area (Å²) < 4.78 is 43.3. The molecule has 134 valence electrons. The predicted octanol–water partition coefficient (Wildman–Crippen LogP) is 4.07. The SMILES string of the molecule is O=C(Nc1ccccc1OCC(F)(F)F)c1cnn(-c2ccccc2)c1. The molecule has 0 fully saturated rings. The Balaban J connectivity index is 1.74. The molecule has 5 nitrogen and oxygen atoms in total. The lowest BCUT2D eigenvalue weighted by Gasteiger charge is -2.13. The summed E-state index contributed by atoms with van der Waals surface area (Å²) in [6.45, 7) is -1.44. The van der Waals surface area contributed by atoms with Crippen LogP contribution in [-0.4, -0.2) is 28.5 Å². The summed E-state index contributed by atoms with van der Waals surface area (Å²) in [4.78, 5) is 12.4. The van der Waals surface area contributed by atoms with Gasteiger partial charge in [0.1, 0.15) is 5.75 Å². The summed E-state index contributed by atoms with van der Waals surface area (Å²) >= 11 is 0. The van der Waals surface area contributed by atoms with Gasteiger partial charge in [-0.2, -0.15) is 18.3 Å². The minimum Gasteiger partial charge on any atom is -0.482 e. The van der Waals surface area contributed by atoms with Gasteiger partial charge in [0.25, 0.3) is 5.91 Å². The molecular weight excluding hydrogens is 347 g/mol. The number of rotatable bonds is 5. The van der Waals surface area contributed by atoms with Crippen LogP contribution in [0.1, 0.15) is 10.4 Å². The molecule has 2 aromatic carbocycles. The number of benzene rings is 2. The number of alkyl halides is 3. The van der Waals surface area contributed by atoms with Crippen molar-refractivity contribution in [3.63, 3.8) is 0 Å². The maximum absolute atomic E-state index is 12.4. The number of amides is 1. The fourth-order valence-electron chi connectivity index (χ4n) is 2.21. The van der Waals surface area contributed by atoms with Crippen LogP contribution in [0.5, 0.6) is 5.75 Å². The standard InChI is InChI=1S/C18H14F3N3O2/c19-18(20,21)12-26-16-9-5-4-8-15(16)23-17(25)13-10-22-24(11-13)14-6-2-1-3-7-14/h1-11H,12H2,(H,23,25). The summed E-state index contributed by atoms with van der Waals surface area (Å²) in [5, 5.41) is 6.66. The summed E-state index contributed by atoms with van der Waals surface area (Å²) in [7, 11) is 0. The van der Waals surface area contributed by atoms with E-state index in [0.29, 0.717) is 0 Å². The minimum absolute atomic E-state index is 0.0615. The normalized spacial score (nSPS) is 11.2. The lowest BCUT2D eigenvalue weighted by Crippen LogP contribution is -2.20. The molecule has 0 saturated heterocycles. The quantitative estimate of drug-likeness (QED) is 0.745. The summed E-state index contributed by atoms with van der Waals surface area (Å²) in [5.41, 5.74) is 1.19. The Morgan fingerprint density at radius 3 is 2.50 bits per heavy atom. The number of anilines is 1. The van der Waals surface area contributed by atoms with Gasteiger partial charge in [0.05, 0.1) is 23.1 Å². The molecular formula is C18H14F3N3O2. The zero-order valence-corrected chi connectivity index (χ0v) is 13.4. The number of nitrogens with zero attached hydrogens (tertiary/aromatic N) is 2. The van der Waals surface area contributed by atoms with Crippen LogP contribution < -0.4 is 10.1 Å². The first-order chi connectivity index (χ1) is 12.4. The largest absolute Gasteiger partial charge is 0.482 e. The van der Waals surface area contributed by atoms with Crippen molar-refractivity contribution in [2.45, 2.75) is 6.18 Å². The Bertz CT molecular complexity index is 892. The van der Waals surface area contributed by atoms with Gasteiger partial charge in [-0.1, -0.05) is 30.3 Å². The topological polar surface area (TPSA) is 56.1 Å². The average molecular weight is 361 g/mol. The number of ether oxygens (including phenoxy) is 1. The fourth-order valence-corrected chi connectivity index (χ4v) is 2.21. The van der Waals surface area contributed by atoms with Crippen molar-refractivity contribution in [1.29, 1.82) is 0 Å². The van der Waals surface area contributed by atoms with E-state index in [-0.39, 0.29) is 17.0 Å². The second-order valence-corrected chi connectivity index (χ2v) is 5.36. The zero-order valence-electron chi connectivity index (χ0n) is 13.4. The van der Waals surface area contributed by atoms with Crippen LogP contribution in [-0.2, 0) is 0 Å². The molecule has 0 spiro atoms. The highest BCUT2D eigenvalue weighted by atomic mass is 19.4. The highest BCUT2D eigenvalue weighted by molar-refractivity contribution is 6.04. The average Bonchev–Trinajstić information content (AvgIpc) is 3.11. The Kier molecular flexibility index (Phi) is 4.92. The molecule has 0 saturated carbocycles. The molecule has 0 aliphatic rings. The van der Waals surface area contributed by atoms with E-state index < -0.39 is 18.7 Å². The van der Waals surface area contributed by atoms with Crippen molar-refractivity contribution in [2.24, 2.45) is 0 Å². The van der Waals surface area contributed by atoms with Crippen molar-refractivity contribution in [3.8, 4) is 11.4 Å². The predicted molar refractivity (Wildman–Crippen MR) is 89.5 cm³/mol. The van der Waals surface area contributed by atoms with Gasteiger partial charge in [-0.25, -0.2) is 4.68 Å². The number of para-hydroxylation sites is 3. The molecule has 26 heavy (non-hydrogen) atoms. The number of carbonyl (C=O) groups is 1. The van der Waals surface area contributed by atoms with Gasteiger partial charge >= 0.3 is 6.18 Å². The molecule has 0 atom stereocenters. The minimum atomic E-state index is -4.46. The summed E-state index contributed by atoms with van der Waals surface area (Å²) in [6, 6.07) is 15.1. The molecule has 1 heterocycles. The molecule has 0 radical (unpaired) electrons. The first-order valence-electron chi connectivity index (χ1n) is 7.62. The first kappa shape index (κ1) is 17.5. The molecule has 0 aliphatic carbocycles. The first-order valence-corrected chi connectivity index (χ1v) is 7.62. The lowest BCUT2D eigenvalue weighted by atomic mass is 10.2. The van der Waals surface area contributed by atoms with Crippen molar-refractivity contribution in [1.82, 2.24) is 9.78 Å². The van der Waals surface area contributed by atoms with Crippen molar-refractivity contribution in [2.75, 3.05) is 11.9 Å². The third-order valence-corrected chi connectivity index (χ3v) is 3.39. The third kappa shape index (κ3) is 4.41. The second-order valence-electron chi connectivity index (χ2n) is 5.36. The van der Waals surface area contributed by atoms with E-state index in [1.807, 2.05) is 30.3 Å². The number of carbonyl (C=O) groups excluding carboxylic acids is 1. The second kappa shape index (κ2) is 7.30. The highest BCUT2D eigenvalue weighted by Gasteiger charge is 2.29. The van der Waals surface area contributed by atoms with Gasteiger partial charge in [-0.15, -0.1) is 0 Å². The van der Waals surface area contributed by atoms with Gasteiger partial charge in [0.2, 0.25) is 0 Å². The molecule has 0 unspecified atom stereocenters. The molecule has 8 heteroatoms. The third-order valence-electron chi connectivity index (χ3n) is 3.39. The highest BCUT2D eigenvalue weighted by Crippen LogP contribution is 2.26. The van der Waals surface area contributed by atoms with Crippen LogP contribution in [0.15, 0.2) is 67.0 Å². The molecule has 0 bridgehead atoms. The van der Waals surface area contributed by atoms with E-state index in [9.17, 15) is 18.0 Å². The van der Waals surface area contributed by atoms with Gasteiger partial charge in [-0.3, -0.25) is 4.79 Å². The van der Waals surface area contributed by atoms with E-state index in [0.717, 1.165) is 5.69 Å². The number of aromatic nitrogens is 2. The van der Waals surface area contributed by atoms with Gasteiger partial charge in [0.15, 0.2) is 6.61 Å². The van der Waals surface area contributed by atoms with Gasteiger partial charge in [-0.05, 0) is 24.3 Å². The molecule has 1 N–H and O–H groups in total. The van der Waals surface area contributed by atoms with Crippen LogP contribution in [0.4, 0.5) is 18.9 Å². The lowest BCUT2D eigenvalue weighted by molar-refractivity contribution is -0.153. The van der Waals surface area contributed by atoms with E-state index in [1.165, 1.54) is 35.3 Å². The van der Waals surface area contributed by atoms with Crippen molar-refractivity contribution in [3.05, 3.63) is 72.6 Å².